The van der Waals surface area contributed by atoms with Gasteiger partial charge in [0.05, 0.1) is 11.0 Å². The van der Waals surface area contributed by atoms with Crippen molar-refractivity contribution >= 4 is 21.5 Å². The van der Waals surface area contributed by atoms with Gasteiger partial charge < -0.3 is 5.32 Å². The molecule has 5 nitrogen and oxygen atoms in total. The molecule has 0 atom stereocenters. The molecule has 0 fully saturated rings. The Hall–Kier alpha value is -2.47. The Kier molecular flexibility index (Phi) is 7.82. The zero-order valence-corrected chi connectivity index (χ0v) is 20.3. The summed E-state index contributed by atoms with van der Waals surface area (Å²) in [7, 11) is -3.19. The van der Waals surface area contributed by atoms with Crippen molar-refractivity contribution < 1.29 is 18.0 Å². The van der Waals surface area contributed by atoms with E-state index in [-0.39, 0.29) is 29.9 Å². The summed E-state index contributed by atoms with van der Waals surface area (Å²) in [6, 6.07) is 8.69. The highest BCUT2D eigenvalue weighted by Gasteiger charge is 2.19. The molecule has 6 heteroatoms. The van der Waals surface area contributed by atoms with Crippen molar-refractivity contribution in [3.8, 4) is 0 Å². The minimum Gasteiger partial charge on any atom is -0.350 e. The molecule has 1 N–H and O–H groups in total. The number of carbonyl (C=O) groups is 2. The average Bonchev–Trinajstić information content (AvgIpc) is 2.67. The molecular formula is C25H33NO4S. The van der Waals surface area contributed by atoms with Gasteiger partial charge in [0.25, 0.3) is 5.91 Å². The zero-order chi connectivity index (χ0) is 23.5. The molecule has 0 aliphatic rings. The fourth-order valence-electron chi connectivity index (χ4n) is 3.43. The molecule has 0 spiro atoms. The van der Waals surface area contributed by atoms with Gasteiger partial charge in [-0.3, -0.25) is 9.59 Å². The lowest BCUT2D eigenvalue weighted by molar-refractivity contribution is 0.0941. The van der Waals surface area contributed by atoms with Crippen molar-refractivity contribution in [1.82, 2.24) is 5.32 Å². The number of hydrogen-bond acceptors (Lipinski definition) is 4. The number of Topliss-reactive ketones (excluding diaryl/α,β-unsaturated/α-hetero) is 1. The molecule has 0 saturated carbocycles. The van der Waals surface area contributed by atoms with E-state index in [4.69, 9.17) is 0 Å². The summed E-state index contributed by atoms with van der Waals surface area (Å²) in [6.07, 6.45) is 0.230. The van der Waals surface area contributed by atoms with Crippen molar-refractivity contribution in [2.75, 3.05) is 0 Å². The van der Waals surface area contributed by atoms with E-state index in [1.807, 2.05) is 40.7 Å². The first-order valence-corrected chi connectivity index (χ1v) is 12.3. The molecule has 0 bridgehead atoms. The molecule has 0 saturated heterocycles. The first kappa shape index (κ1) is 24.8. The van der Waals surface area contributed by atoms with Gasteiger partial charge in [0.2, 0.25) is 0 Å². The highest BCUT2D eigenvalue weighted by molar-refractivity contribution is 7.91. The van der Waals surface area contributed by atoms with E-state index in [1.54, 1.807) is 38.1 Å². The number of hydrogen-bond donors (Lipinski definition) is 1. The molecule has 0 radical (unpaired) electrons. The maximum Gasteiger partial charge on any atom is 0.251 e. The van der Waals surface area contributed by atoms with E-state index >= 15 is 0 Å². The number of benzene rings is 2. The smallest absolute Gasteiger partial charge is 0.251 e. The van der Waals surface area contributed by atoms with Gasteiger partial charge in [-0.05, 0) is 82.3 Å². The molecule has 1 amide bonds. The molecule has 2 aromatic rings. The summed E-state index contributed by atoms with van der Waals surface area (Å²) in [5, 5.41) is 2.48. The molecular weight excluding hydrogens is 410 g/mol. The summed E-state index contributed by atoms with van der Waals surface area (Å²) in [6.45, 7) is 12.9. The quantitative estimate of drug-likeness (QED) is 0.609. The molecule has 0 unspecified atom stereocenters. The SMILES string of the molecule is Cc1cc(C(=O)NC(C)C)c(C)c(C)c1CC(=O)c1ccc(CS(=O)(=O)C(C)C)cc1. The van der Waals surface area contributed by atoms with Crippen LogP contribution in [0.5, 0.6) is 0 Å². The van der Waals surface area contributed by atoms with E-state index in [1.165, 1.54) is 0 Å². The van der Waals surface area contributed by atoms with Crippen LogP contribution in [0.4, 0.5) is 0 Å². The second kappa shape index (κ2) is 9.77. The average molecular weight is 444 g/mol. The second-order valence-electron chi connectivity index (χ2n) is 8.75. The van der Waals surface area contributed by atoms with E-state index in [9.17, 15) is 18.0 Å². The van der Waals surface area contributed by atoms with Crippen LogP contribution < -0.4 is 5.32 Å². The van der Waals surface area contributed by atoms with E-state index in [0.29, 0.717) is 16.7 Å². The van der Waals surface area contributed by atoms with Crippen LogP contribution in [0.25, 0.3) is 0 Å². The van der Waals surface area contributed by atoms with Gasteiger partial charge >= 0.3 is 0 Å². The molecule has 168 valence electrons. The number of ketones is 1. The minimum absolute atomic E-state index is 0.0313. The number of carbonyl (C=O) groups excluding carboxylic acids is 2. The van der Waals surface area contributed by atoms with Gasteiger partial charge in [-0.15, -0.1) is 0 Å². The van der Waals surface area contributed by atoms with E-state index in [0.717, 1.165) is 22.3 Å². The molecule has 0 aliphatic heterocycles. The molecule has 0 heterocycles. The third-order valence-electron chi connectivity index (χ3n) is 5.62. The molecule has 2 rings (SSSR count). The highest BCUT2D eigenvalue weighted by atomic mass is 32.2. The maximum absolute atomic E-state index is 12.9. The molecule has 2 aromatic carbocycles. The summed E-state index contributed by atoms with van der Waals surface area (Å²) in [4.78, 5) is 25.4. The molecule has 31 heavy (non-hydrogen) atoms. The number of rotatable bonds is 8. The van der Waals surface area contributed by atoms with E-state index in [2.05, 4.69) is 5.32 Å². The van der Waals surface area contributed by atoms with Gasteiger partial charge in [0, 0.05) is 23.6 Å². The van der Waals surface area contributed by atoms with Crippen LogP contribution in [0, 0.1) is 20.8 Å². The van der Waals surface area contributed by atoms with Crippen LogP contribution in [-0.4, -0.2) is 31.4 Å². The van der Waals surface area contributed by atoms with Crippen molar-refractivity contribution in [1.29, 1.82) is 0 Å². The van der Waals surface area contributed by atoms with Crippen molar-refractivity contribution in [2.45, 2.75) is 71.9 Å². The predicted molar refractivity (Wildman–Crippen MR) is 125 cm³/mol. The largest absolute Gasteiger partial charge is 0.350 e. The first-order valence-electron chi connectivity index (χ1n) is 10.6. The summed E-state index contributed by atoms with van der Waals surface area (Å²) in [5.41, 5.74) is 5.51. The van der Waals surface area contributed by atoms with Gasteiger partial charge in [-0.25, -0.2) is 8.42 Å². The third kappa shape index (κ3) is 6.03. The molecule has 0 aliphatic carbocycles. The topological polar surface area (TPSA) is 80.3 Å². The Labute approximate surface area is 186 Å². The normalized spacial score (nSPS) is 11.8. The lowest BCUT2D eigenvalue weighted by Gasteiger charge is -2.17. The Morgan fingerprint density at radius 1 is 0.935 bits per heavy atom. The van der Waals surface area contributed by atoms with Crippen LogP contribution in [0.2, 0.25) is 0 Å². The molecule has 0 aromatic heterocycles. The second-order valence-corrected chi connectivity index (χ2v) is 11.3. The lowest BCUT2D eigenvalue weighted by Crippen LogP contribution is -2.31. The number of sulfone groups is 1. The van der Waals surface area contributed by atoms with Gasteiger partial charge in [0.15, 0.2) is 15.6 Å². The van der Waals surface area contributed by atoms with Crippen LogP contribution in [-0.2, 0) is 22.0 Å². The van der Waals surface area contributed by atoms with Crippen LogP contribution in [0.3, 0.4) is 0 Å². The first-order chi connectivity index (χ1) is 14.3. The predicted octanol–water partition coefficient (Wildman–Crippen LogP) is 4.50. The Morgan fingerprint density at radius 3 is 2.03 bits per heavy atom. The minimum atomic E-state index is -3.19. The van der Waals surface area contributed by atoms with Crippen molar-refractivity contribution in [2.24, 2.45) is 0 Å². The highest BCUT2D eigenvalue weighted by Crippen LogP contribution is 2.24. The van der Waals surface area contributed by atoms with Gasteiger partial charge in [-0.2, -0.15) is 0 Å². The van der Waals surface area contributed by atoms with Crippen LogP contribution in [0.1, 0.15) is 76.2 Å². The Balaban J connectivity index is 2.24. The van der Waals surface area contributed by atoms with Crippen molar-refractivity contribution in [3.05, 3.63) is 69.3 Å². The number of amides is 1. The number of nitrogens with one attached hydrogen (secondary N) is 1. The third-order valence-corrected chi connectivity index (χ3v) is 7.79. The summed E-state index contributed by atoms with van der Waals surface area (Å²) in [5.74, 6) is -0.178. The summed E-state index contributed by atoms with van der Waals surface area (Å²) < 4.78 is 24.2. The number of aryl methyl sites for hydroxylation is 1. The maximum atomic E-state index is 12.9. The van der Waals surface area contributed by atoms with Crippen LogP contribution in [0.15, 0.2) is 30.3 Å². The van der Waals surface area contributed by atoms with Crippen molar-refractivity contribution in [3.63, 3.8) is 0 Å². The zero-order valence-electron chi connectivity index (χ0n) is 19.5. The Morgan fingerprint density at radius 2 is 1.52 bits per heavy atom. The van der Waals surface area contributed by atoms with Gasteiger partial charge in [0.1, 0.15) is 0 Å². The van der Waals surface area contributed by atoms with Crippen LogP contribution >= 0.6 is 0 Å². The monoisotopic (exact) mass is 443 g/mol. The lowest BCUT2D eigenvalue weighted by atomic mass is 9.89. The van der Waals surface area contributed by atoms with Gasteiger partial charge in [-0.1, -0.05) is 24.3 Å². The standard InChI is InChI=1S/C25H33NO4S/c1-15(2)26-25(28)23-12-17(5)22(18(6)19(23)7)13-24(27)21-10-8-20(9-11-21)14-31(29,30)16(3)4/h8-12,15-16H,13-14H2,1-7H3,(H,26,28). The van der Waals surface area contributed by atoms with E-state index < -0.39 is 15.1 Å². The summed E-state index contributed by atoms with van der Waals surface area (Å²) >= 11 is 0. The fraction of sp³-hybridized carbons (Fsp3) is 0.440. The Bertz CT molecular complexity index is 1080. The fourth-order valence-corrected chi connectivity index (χ4v) is 4.42.